The van der Waals surface area contributed by atoms with Gasteiger partial charge in [0.2, 0.25) is 0 Å². The van der Waals surface area contributed by atoms with Crippen LogP contribution in [0, 0.1) is 13.8 Å². The first kappa shape index (κ1) is 18.5. The van der Waals surface area contributed by atoms with Crippen LogP contribution >= 0.6 is 11.6 Å². The van der Waals surface area contributed by atoms with Gasteiger partial charge >= 0.3 is 0 Å². The maximum atomic E-state index is 13.0. The zero-order valence-electron chi connectivity index (χ0n) is 15.4. The molecule has 0 radical (unpaired) electrons. The molecule has 0 amide bonds. The molecule has 0 unspecified atom stereocenters. The van der Waals surface area contributed by atoms with Gasteiger partial charge in [-0.2, -0.15) is 10.2 Å². The number of pyridine rings is 1. The third-order valence-electron chi connectivity index (χ3n) is 4.49. The molecule has 4 rings (SSSR count). The highest BCUT2D eigenvalue weighted by molar-refractivity contribution is 7.92. The average molecular weight is 417 g/mol. The predicted molar refractivity (Wildman–Crippen MR) is 107 cm³/mol. The Morgan fingerprint density at radius 2 is 1.93 bits per heavy atom. The molecule has 0 fully saturated rings. The number of benzene rings is 1. The number of halogens is 1. The lowest BCUT2D eigenvalue weighted by Crippen LogP contribution is -2.16. The lowest BCUT2D eigenvalue weighted by molar-refractivity contribution is 0.600. The molecule has 3 heterocycles. The summed E-state index contributed by atoms with van der Waals surface area (Å²) >= 11 is 6.31. The highest BCUT2D eigenvalue weighted by atomic mass is 35.5. The van der Waals surface area contributed by atoms with Gasteiger partial charge in [-0.15, -0.1) is 0 Å². The highest BCUT2D eigenvalue weighted by Gasteiger charge is 2.23. The summed E-state index contributed by atoms with van der Waals surface area (Å²) in [4.78, 5) is 3.96. The molecule has 8 nitrogen and oxygen atoms in total. The van der Waals surface area contributed by atoms with Crippen LogP contribution < -0.4 is 4.72 Å². The Bertz CT molecular complexity index is 1290. The highest BCUT2D eigenvalue weighted by Crippen LogP contribution is 2.34. The normalized spacial score (nSPS) is 11.9. The Hall–Kier alpha value is -2.91. The lowest BCUT2D eigenvalue weighted by Gasteiger charge is -2.15. The number of hydrogen-bond donors (Lipinski definition) is 1. The van der Waals surface area contributed by atoms with Crippen molar-refractivity contribution in [2.24, 2.45) is 7.05 Å². The molecule has 10 heteroatoms. The predicted octanol–water partition coefficient (Wildman–Crippen LogP) is 3.23. The van der Waals surface area contributed by atoms with E-state index in [0.29, 0.717) is 33.3 Å². The minimum absolute atomic E-state index is 0.0616. The van der Waals surface area contributed by atoms with Crippen molar-refractivity contribution in [3.05, 3.63) is 59.3 Å². The summed E-state index contributed by atoms with van der Waals surface area (Å²) in [5, 5.41) is 10.1. The molecule has 4 aromatic rings. The number of fused-ring (bicyclic) bond motifs is 1. The summed E-state index contributed by atoms with van der Waals surface area (Å²) in [5.74, 6) is 0. The number of aryl methyl sites for hydroxylation is 2. The molecule has 0 aliphatic carbocycles. The molecule has 0 aliphatic heterocycles. The van der Waals surface area contributed by atoms with Gasteiger partial charge < -0.3 is 0 Å². The molecule has 0 saturated carbocycles. The second kappa shape index (κ2) is 6.61. The smallest absolute Gasteiger partial charge is 0.263 e. The van der Waals surface area contributed by atoms with Crippen molar-refractivity contribution in [1.29, 1.82) is 0 Å². The van der Waals surface area contributed by atoms with Gasteiger partial charge in [-0.3, -0.25) is 14.4 Å². The molecule has 144 valence electrons. The van der Waals surface area contributed by atoms with Crippen LogP contribution in [0.2, 0.25) is 5.02 Å². The second-order valence-electron chi connectivity index (χ2n) is 6.36. The molecular formula is C18H17ClN6O2S. The molecule has 1 aromatic carbocycles. The molecule has 28 heavy (non-hydrogen) atoms. The van der Waals surface area contributed by atoms with Crippen molar-refractivity contribution >= 4 is 38.2 Å². The number of hydrogen-bond acceptors (Lipinski definition) is 5. The van der Waals surface area contributed by atoms with Crippen LogP contribution in [0.15, 0.2) is 47.8 Å². The van der Waals surface area contributed by atoms with Crippen LogP contribution in [0.5, 0.6) is 0 Å². The quantitative estimate of drug-likeness (QED) is 0.551. The van der Waals surface area contributed by atoms with Gasteiger partial charge in [0.05, 0.1) is 33.8 Å². The average Bonchev–Trinajstić information content (AvgIpc) is 3.18. The van der Waals surface area contributed by atoms with Gasteiger partial charge in [0.25, 0.3) is 10.0 Å². The van der Waals surface area contributed by atoms with E-state index in [1.54, 1.807) is 41.7 Å². The number of nitrogens with zero attached hydrogens (tertiary/aromatic N) is 5. The zero-order chi connectivity index (χ0) is 20.1. The Morgan fingerprint density at radius 1 is 1.14 bits per heavy atom. The van der Waals surface area contributed by atoms with Gasteiger partial charge in [0, 0.05) is 24.8 Å². The Balaban J connectivity index is 1.98. The lowest BCUT2D eigenvalue weighted by atomic mass is 10.2. The summed E-state index contributed by atoms with van der Waals surface area (Å²) in [6.07, 6.45) is 4.49. The molecule has 0 bridgehead atoms. The minimum Gasteiger partial charge on any atom is -0.275 e. The summed E-state index contributed by atoms with van der Waals surface area (Å²) in [7, 11) is -2.12. The van der Waals surface area contributed by atoms with Crippen molar-refractivity contribution in [2.75, 3.05) is 4.72 Å². The Morgan fingerprint density at radius 3 is 2.57 bits per heavy atom. The van der Waals surface area contributed by atoms with Crippen LogP contribution in [0.4, 0.5) is 5.69 Å². The van der Waals surface area contributed by atoms with Gasteiger partial charge in [-0.1, -0.05) is 11.6 Å². The molecule has 1 N–H and O–H groups in total. The van der Waals surface area contributed by atoms with Crippen LogP contribution in [-0.4, -0.2) is 33.0 Å². The van der Waals surface area contributed by atoms with E-state index < -0.39 is 10.0 Å². The van der Waals surface area contributed by atoms with Crippen molar-refractivity contribution < 1.29 is 8.42 Å². The topological polar surface area (TPSA) is 94.7 Å². The van der Waals surface area contributed by atoms with Gasteiger partial charge in [0.1, 0.15) is 10.6 Å². The molecule has 0 spiro atoms. The number of nitrogens with one attached hydrogen (secondary N) is 1. The SMILES string of the molecule is Cc1nn(-c2ccc3cnn(C)c3c2NS(=O)(=O)c2cccnc2)c(C)c1Cl. The largest absolute Gasteiger partial charge is 0.275 e. The molecule has 0 atom stereocenters. The monoisotopic (exact) mass is 416 g/mol. The number of anilines is 1. The molecule has 0 saturated heterocycles. The van der Waals surface area contributed by atoms with Crippen LogP contribution in [0.3, 0.4) is 0 Å². The maximum absolute atomic E-state index is 13.0. The number of sulfonamides is 1. The van der Waals surface area contributed by atoms with Crippen LogP contribution in [-0.2, 0) is 17.1 Å². The molecule has 0 aliphatic rings. The van der Waals surface area contributed by atoms with Crippen LogP contribution in [0.25, 0.3) is 16.6 Å². The van der Waals surface area contributed by atoms with E-state index in [2.05, 4.69) is 19.9 Å². The number of aromatic nitrogens is 5. The fourth-order valence-corrected chi connectivity index (χ4v) is 4.25. The first-order valence-electron chi connectivity index (χ1n) is 8.39. The fraction of sp³-hybridized carbons (Fsp3) is 0.167. The third-order valence-corrected chi connectivity index (χ3v) is 6.38. The van der Waals surface area contributed by atoms with Gasteiger partial charge in [0.15, 0.2) is 0 Å². The Labute approximate surface area is 166 Å². The van der Waals surface area contributed by atoms with Gasteiger partial charge in [-0.25, -0.2) is 13.1 Å². The third kappa shape index (κ3) is 2.92. The van der Waals surface area contributed by atoms with E-state index >= 15 is 0 Å². The van der Waals surface area contributed by atoms with Crippen molar-refractivity contribution in [3.63, 3.8) is 0 Å². The summed E-state index contributed by atoms with van der Waals surface area (Å²) in [6, 6.07) is 6.71. The van der Waals surface area contributed by atoms with E-state index in [4.69, 9.17) is 11.6 Å². The van der Waals surface area contributed by atoms with Crippen molar-refractivity contribution in [1.82, 2.24) is 24.5 Å². The second-order valence-corrected chi connectivity index (χ2v) is 8.42. The first-order valence-corrected chi connectivity index (χ1v) is 10.3. The van der Waals surface area contributed by atoms with E-state index in [1.165, 1.54) is 18.5 Å². The van der Waals surface area contributed by atoms with E-state index in [1.807, 2.05) is 13.0 Å². The van der Waals surface area contributed by atoms with Crippen molar-refractivity contribution in [3.8, 4) is 5.69 Å². The zero-order valence-corrected chi connectivity index (χ0v) is 17.0. The minimum atomic E-state index is -3.87. The Kier molecular flexibility index (Phi) is 4.35. The standard InChI is InChI=1S/C18H17ClN6O2S/c1-11-16(19)12(2)25(22-11)15-7-6-13-9-21-24(3)18(13)17(15)23-28(26,27)14-5-4-8-20-10-14/h4-10,23H,1-3H3. The van der Waals surface area contributed by atoms with Gasteiger partial charge in [-0.05, 0) is 38.1 Å². The summed E-state index contributed by atoms with van der Waals surface area (Å²) in [5.41, 5.74) is 2.92. The first-order chi connectivity index (χ1) is 13.3. The van der Waals surface area contributed by atoms with E-state index in [0.717, 1.165) is 5.39 Å². The van der Waals surface area contributed by atoms with E-state index in [9.17, 15) is 8.42 Å². The van der Waals surface area contributed by atoms with E-state index in [-0.39, 0.29) is 4.90 Å². The maximum Gasteiger partial charge on any atom is 0.263 e. The number of rotatable bonds is 4. The van der Waals surface area contributed by atoms with Crippen LogP contribution in [0.1, 0.15) is 11.4 Å². The summed E-state index contributed by atoms with van der Waals surface area (Å²) < 4.78 is 31.9. The summed E-state index contributed by atoms with van der Waals surface area (Å²) in [6.45, 7) is 3.63. The van der Waals surface area contributed by atoms with Crippen molar-refractivity contribution in [2.45, 2.75) is 18.7 Å². The molecular weight excluding hydrogens is 400 g/mol. The molecule has 3 aromatic heterocycles. The fourth-order valence-electron chi connectivity index (χ4n) is 3.09.